The number of amides is 1. The molecule has 0 heterocycles. The summed E-state index contributed by atoms with van der Waals surface area (Å²) in [5.41, 5.74) is 5.33. The van der Waals surface area contributed by atoms with Crippen molar-refractivity contribution in [3.05, 3.63) is 99.1 Å². The first-order valence-corrected chi connectivity index (χ1v) is 10.2. The number of nitriles is 1. The van der Waals surface area contributed by atoms with E-state index in [9.17, 15) is 10.1 Å². The first kappa shape index (κ1) is 22.1. The molecule has 31 heavy (non-hydrogen) atoms. The van der Waals surface area contributed by atoms with Gasteiger partial charge in [0.15, 0.2) is 0 Å². The predicted molar refractivity (Wildman–Crippen MR) is 125 cm³/mol. The maximum absolute atomic E-state index is 12.7. The van der Waals surface area contributed by atoms with Crippen LogP contribution >= 0.6 is 11.6 Å². The smallest absolute Gasteiger partial charge is 0.266 e. The summed E-state index contributed by atoms with van der Waals surface area (Å²) in [6.07, 6.45) is 2.17. The monoisotopic (exact) mass is 430 g/mol. The summed E-state index contributed by atoms with van der Waals surface area (Å²) >= 11 is 6.28. The molecule has 0 radical (unpaired) electrons. The summed E-state index contributed by atoms with van der Waals surface area (Å²) in [6, 6.07) is 21.0. The number of benzene rings is 3. The number of nitrogens with zero attached hydrogens (tertiary/aromatic N) is 1. The zero-order valence-electron chi connectivity index (χ0n) is 17.7. The summed E-state index contributed by atoms with van der Waals surface area (Å²) in [4.78, 5) is 12.7. The van der Waals surface area contributed by atoms with Crippen molar-refractivity contribution >= 4 is 29.3 Å². The number of hydrogen-bond acceptors (Lipinski definition) is 3. The van der Waals surface area contributed by atoms with Crippen molar-refractivity contribution in [3.8, 4) is 11.8 Å². The van der Waals surface area contributed by atoms with E-state index in [0.29, 0.717) is 28.4 Å². The van der Waals surface area contributed by atoms with Crippen LogP contribution in [0.2, 0.25) is 5.02 Å². The molecule has 0 atom stereocenters. The summed E-state index contributed by atoms with van der Waals surface area (Å²) < 4.78 is 5.54. The van der Waals surface area contributed by atoms with Crippen LogP contribution in [0, 0.1) is 25.2 Å². The van der Waals surface area contributed by atoms with E-state index in [1.807, 2.05) is 80.6 Å². The molecule has 3 aromatic carbocycles. The van der Waals surface area contributed by atoms with Gasteiger partial charge in [-0.25, -0.2) is 0 Å². The maximum Gasteiger partial charge on any atom is 0.266 e. The highest BCUT2D eigenvalue weighted by Crippen LogP contribution is 2.27. The van der Waals surface area contributed by atoms with E-state index in [2.05, 4.69) is 5.32 Å². The minimum atomic E-state index is -0.449. The summed E-state index contributed by atoms with van der Waals surface area (Å²) in [5, 5.41) is 13.1. The molecule has 0 aliphatic heterocycles. The molecule has 5 heteroatoms. The van der Waals surface area contributed by atoms with Gasteiger partial charge >= 0.3 is 0 Å². The third-order valence-electron chi connectivity index (χ3n) is 4.97. The van der Waals surface area contributed by atoms with Crippen molar-refractivity contribution in [1.29, 1.82) is 5.26 Å². The maximum atomic E-state index is 12.7. The van der Waals surface area contributed by atoms with Gasteiger partial charge in [0.2, 0.25) is 0 Å². The van der Waals surface area contributed by atoms with Crippen LogP contribution in [0.5, 0.6) is 5.75 Å². The Hall–Kier alpha value is -3.55. The van der Waals surface area contributed by atoms with Gasteiger partial charge in [-0.15, -0.1) is 0 Å². The van der Waals surface area contributed by atoms with Crippen LogP contribution in [-0.4, -0.2) is 13.0 Å². The van der Waals surface area contributed by atoms with Crippen molar-refractivity contribution < 1.29 is 9.53 Å². The average molecular weight is 431 g/mol. The van der Waals surface area contributed by atoms with Crippen molar-refractivity contribution in [2.75, 3.05) is 12.4 Å². The molecule has 1 amide bonds. The predicted octanol–water partition coefficient (Wildman–Crippen LogP) is 6.10. The number of ether oxygens (including phenoxy) is 1. The van der Waals surface area contributed by atoms with Gasteiger partial charge in [-0.1, -0.05) is 54.1 Å². The van der Waals surface area contributed by atoms with Crippen molar-refractivity contribution in [3.63, 3.8) is 0 Å². The van der Waals surface area contributed by atoms with E-state index in [0.717, 1.165) is 22.3 Å². The Morgan fingerprint density at radius 2 is 1.87 bits per heavy atom. The molecule has 0 saturated heterocycles. The molecule has 0 saturated carbocycles. The van der Waals surface area contributed by atoms with Gasteiger partial charge in [0.25, 0.3) is 5.91 Å². The lowest BCUT2D eigenvalue weighted by Gasteiger charge is -2.11. The number of nitrogens with one attached hydrogen (secondary N) is 1. The van der Waals surface area contributed by atoms with Crippen LogP contribution in [0.25, 0.3) is 6.08 Å². The molecule has 4 nitrogen and oxygen atoms in total. The fraction of sp³-hybridized carbons (Fsp3) is 0.154. The van der Waals surface area contributed by atoms with Gasteiger partial charge < -0.3 is 10.1 Å². The lowest BCUT2D eigenvalue weighted by molar-refractivity contribution is -0.112. The fourth-order valence-corrected chi connectivity index (χ4v) is 3.42. The van der Waals surface area contributed by atoms with Crippen LogP contribution in [0.15, 0.2) is 66.2 Å². The minimum Gasteiger partial charge on any atom is -0.496 e. The third-order valence-corrected chi connectivity index (χ3v) is 5.34. The molecule has 156 valence electrons. The van der Waals surface area contributed by atoms with E-state index in [1.54, 1.807) is 13.2 Å². The average Bonchev–Trinajstić information content (AvgIpc) is 2.76. The van der Waals surface area contributed by atoms with E-state index in [-0.39, 0.29) is 5.57 Å². The van der Waals surface area contributed by atoms with Crippen molar-refractivity contribution in [1.82, 2.24) is 0 Å². The number of carbonyl (C=O) groups excluding carboxylic acids is 1. The second kappa shape index (κ2) is 9.97. The van der Waals surface area contributed by atoms with Crippen molar-refractivity contribution in [2.45, 2.75) is 20.3 Å². The van der Waals surface area contributed by atoms with Crippen LogP contribution < -0.4 is 10.1 Å². The Balaban J connectivity index is 1.85. The van der Waals surface area contributed by atoms with Crippen molar-refractivity contribution in [2.24, 2.45) is 0 Å². The number of aryl methyl sites for hydroxylation is 2. The Bertz CT molecular complexity index is 1190. The molecule has 3 aromatic rings. The normalized spacial score (nSPS) is 11.0. The second-order valence-corrected chi connectivity index (χ2v) is 7.69. The molecule has 0 unspecified atom stereocenters. The number of halogens is 1. The van der Waals surface area contributed by atoms with Gasteiger partial charge in [0.1, 0.15) is 17.4 Å². The summed E-state index contributed by atoms with van der Waals surface area (Å²) in [5.74, 6) is 0.219. The van der Waals surface area contributed by atoms with E-state index in [1.165, 1.54) is 0 Å². The Labute approximate surface area is 187 Å². The van der Waals surface area contributed by atoms with Gasteiger partial charge in [0, 0.05) is 17.1 Å². The largest absolute Gasteiger partial charge is 0.496 e. The minimum absolute atomic E-state index is 0.0156. The first-order valence-electron chi connectivity index (χ1n) is 9.82. The molecule has 0 fully saturated rings. The topological polar surface area (TPSA) is 62.1 Å². The molecular formula is C26H23ClN2O2. The number of anilines is 1. The quantitative estimate of drug-likeness (QED) is 0.379. The van der Waals surface area contributed by atoms with Gasteiger partial charge in [-0.3, -0.25) is 4.79 Å². The van der Waals surface area contributed by atoms with Crippen LogP contribution in [0.3, 0.4) is 0 Å². The number of methoxy groups -OCH3 is 1. The summed E-state index contributed by atoms with van der Waals surface area (Å²) in [7, 11) is 1.59. The van der Waals surface area contributed by atoms with E-state index < -0.39 is 5.91 Å². The molecule has 1 N–H and O–H groups in total. The van der Waals surface area contributed by atoms with Crippen LogP contribution in [-0.2, 0) is 11.2 Å². The molecule has 0 aliphatic carbocycles. The standard InChI is InChI=1S/C26H23ClN2O2/c1-17-8-9-18(2)24(12-17)29-26(30)22(16-28)13-19-10-11-21(25(14-19)31-3)15-20-6-4-5-7-23(20)27/h4-14H,15H2,1-3H3,(H,29,30)/b22-13+. The zero-order chi connectivity index (χ0) is 22.4. The highest BCUT2D eigenvalue weighted by Gasteiger charge is 2.13. The van der Waals surface area contributed by atoms with E-state index in [4.69, 9.17) is 16.3 Å². The molecule has 3 rings (SSSR count). The third kappa shape index (κ3) is 5.53. The van der Waals surface area contributed by atoms with Gasteiger partial charge in [-0.05, 0) is 65.9 Å². The molecule has 0 aliphatic rings. The van der Waals surface area contributed by atoms with Crippen LogP contribution in [0.1, 0.15) is 27.8 Å². The number of rotatable bonds is 6. The Morgan fingerprint density at radius 1 is 1.10 bits per heavy atom. The highest BCUT2D eigenvalue weighted by molar-refractivity contribution is 6.31. The van der Waals surface area contributed by atoms with E-state index >= 15 is 0 Å². The number of carbonyl (C=O) groups is 1. The molecule has 0 aromatic heterocycles. The lowest BCUT2D eigenvalue weighted by Crippen LogP contribution is -2.14. The summed E-state index contributed by atoms with van der Waals surface area (Å²) in [6.45, 7) is 3.86. The first-order chi connectivity index (χ1) is 14.9. The molecular weight excluding hydrogens is 408 g/mol. The fourth-order valence-electron chi connectivity index (χ4n) is 3.22. The zero-order valence-corrected chi connectivity index (χ0v) is 18.5. The number of hydrogen-bond donors (Lipinski definition) is 1. The van der Waals surface area contributed by atoms with Crippen LogP contribution in [0.4, 0.5) is 5.69 Å². The SMILES string of the molecule is COc1cc(/C=C(\C#N)C(=O)Nc2cc(C)ccc2C)ccc1Cc1ccccc1Cl. The Kier molecular flexibility index (Phi) is 7.12. The highest BCUT2D eigenvalue weighted by atomic mass is 35.5. The lowest BCUT2D eigenvalue weighted by atomic mass is 10.0. The van der Waals surface area contributed by atoms with Gasteiger partial charge in [-0.2, -0.15) is 5.26 Å². The second-order valence-electron chi connectivity index (χ2n) is 7.28. The Morgan fingerprint density at radius 3 is 2.58 bits per heavy atom. The molecule has 0 bridgehead atoms. The van der Waals surface area contributed by atoms with Gasteiger partial charge in [0.05, 0.1) is 7.11 Å². The molecule has 0 spiro atoms.